The van der Waals surface area contributed by atoms with Gasteiger partial charge in [-0.05, 0) is 60.4 Å². The van der Waals surface area contributed by atoms with Gasteiger partial charge >= 0.3 is 0 Å². The van der Waals surface area contributed by atoms with E-state index in [4.69, 9.17) is 0 Å². The van der Waals surface area contributed by atoms with Crippen molar-refractivity contribution in [3.8, 4) is 0 Å². The highest BCUT2D eigenvalue weighted by Gasteiger charge is 2.07. The maximum atomic E-state index is 12.4. The van der Waals surface area contributed by atoms with Crippen LogP contribution in [-0.2, 0) is 11.5 Å². The van der Waals surface area contributed by atoms with Crippen molar-refractivity contribution in [2.75, 3.05) is 5.32 Å². The molecule has 0 aliphatic carbocycles. The van der Waals surface area contributed by atoms with E-state index in [1.54, 1.807) is 0 Å². The van der Waals surface area contributed by atoms with E-state index in [0.717, 1.165) is 28.3 Å². The van der Waals surface area contributed by atoms with Crippen LogP contribution in [0, 0.1) is 13.8 Å². The number of aryl methyl sites for hydroxylation is 2. The first-order valence-corrected chi connectivity index (χ1v) is 9.86. The van der Waals surface area contributed by atoms with Crippen molar-refractivity contribution in [1.82, 2.24) is 0 Å². The molecular weight excluding hydrogens is 338 g/mol. The van der Waals surface area contributed by atoms with Crippen LogP contribution in [0.2, 0.25) is 0 Å². The Hall–Kier alpha value is -2.52. The SMILES string of the molecule is Cc1cc(C)cc(NC(=O)c2ccc(CSCc3ccccc3)cc2)c1. The lowest BCUT2D eigenvalue weighted by Crippen LogP contribution is -2.12. The average molecular weight is 362 g/mol. The Morgan fingerprint density at radius 1 is 0.808 bits per heavy atom. The highest BCUT2D eigenvalue weighted by atomic mass is 32.2. The molecule has 3 rings (SSSR count). The summed E-state index contributed by atoms with van der Waals surface area (Å²) in [5.74, 6) is 1.86. The second kappa shape index (κ2) is 8.72. The molecule has 2 nitrogen and oxygen atoms in total. The minimum atomic E-state index is -0.0708. The number of hydrogen-bond acceptors (Lipinski definition) is 2. The van der Waals surface area contributed by atoms with E-state index < -0.39 is 0 Å². The van der Waals surface area contributed by atoms with E-state index in [9.17, 15) is 4.79 Å². The summed E-state index contributed by atoms with van der Waals surface area (Å²) >= 11 is 1.88. The fourth-order valence-corrected chi connectivity index (χ4v) is 3.82. The molecule has 0 aromatic heterocycles. The molecule has 1 amide bonds. The Bertz CT molecular complexity index is 852. The number of carbonyl (C=O) groups excluding carboxylic acids is 1. The predicted molar refractivity (Wildman–Crippen MR) is 112 cm³/mol. The molecule has 132 valence electrons. The number of benzene rings is 3. The Kier molecular flexibility index (Phi) is 6.13. The van der Waals surface area contributed by atoms with Crippen molar-refractivity contribution in [2.24, 2.45) is 0 Å². The number of anilines is 1. The summed E-state index contributed by atoms with van der Waals surface area (Å²) in [6.45, 7) is 4.06. The Morgan fingerprint density at radius 2 is 1.38 bits per heavy atom. The summed E-state index contributed by atoms with van der Waals surface area (Å²) in [4.78, 5) is 12.4. The normalized spacial score (nSPS) is 10.5. The molecule has 0 heterocycles. The number of amides is 1. The van der Waals surface area contributed by atoms with E-state index >= 15 is 0 Å². The Morgan fingerprint density at radius 3 is 2.00 bits per heavy atom. The molecular formula is C23H23NOS. The van der Waals surface area contributed by atoms with Crippen LogP contribution >= 0.6 is 11.8 Å². The van der Waals surface area contributed by atoms with Gasteiger partial charge in [-0.1, -0.05) is 48.5 Å². The van der Waals surface area contributed by atoms with Gasteiger partial charge in [0.05, 0.1) is 0 Å². The van der Waals surface area contributed by atoms with E-state index in [1.165, 1.54) is 11.1 Å². The number of thioether (sulfide) groups is 1. The number of nitrogens with one attached hydrogen (secondary N) is 1. The lowest BCUT2D eigenvalue weighted by Gasteiger charge is -2.08. The highest BCUT2D eigenvalue weighted by Crippen LogP contribution is 2.19. The summed E-state index contributed by atoms with van der Waals surface area (Å²) in [5, 5.41) is 2.98. The predicted octanol–water partition coefficient (Wildman–Crippen LogP) is 5.99. The topological polar surface area (TPSA) is 29.1 Å². The van der Waals surface area contributed by atoms with Crippen molar-refractivity contribution in [1.29, 1.82) is 0 Å². The zero-order valence-electron chi connectivity index (χ0n) is 15.2. The summed E-state index contributed by atoms with van der Waals surface area (Å²) in [5.41, 5.74) is 6.38. The van der Waals surface area contributed by atoms with E-state index in [0.29, 0.717) is 5.56 Å². The van der Waals surface area contributed by atoms with Crippen molar-refractivity contribution in [3.63, 3.8) is 0 Å². The van der Waals surface area contributed by atoms with Crippen LogP contribution in [0.15, 0.2) is 72.8 Å². The van der Waals surface area contributed by atoms with Gasteiger partial charge in [0.2, 0.25) is 0 Å². The quantitative estimate of drug-likeness (QED) is 0.584. The number of hydrogen-bond donors (Lipinski definition) is 1. The molecule has 0 radical (unpaired) electrons. The highest BCUT2D eigenvalue weighted by molar-refractivity contribution is 7.97. The van der Waals surface area contributed by atoms with Gasteiger partial charge < -0.3 is 5.32 Å². The molecule has 0 spiro atoms. The van der Waals surface area contributed by atoms with Crippen molar-refractivity contribution < 1.29 is 4.79 Å². The Balaban J connectivity index is 1.55. The fraction of sp³-hybridized carbons (Fsp3) is 0.174. The Labute approximate surface area is 159 Å². The molecule has 0 saturated heterocycles. The first kappa shape index (κ1) is 18.3. The van der Waals surface area contributed by atoms with Gasteiger partial charge in [0.1, 0.15) is 0 Å². The maximum Gasteiger partial charge on any atom is 0.255 e. The minimum absolute atomic E-state index is 0.0708. The lowest BCUT2D eigenvalue weighted by molar-refractivity contribution is 0.102. The van der Waals surface area contributed by atoms with E-state index in [1.807, 2.05) is 68.1 Å². The van der Waals surface area contributed by atoms with Gasteiger partial charge in [-0.15, -0.1) is 0 Å². The monoisotopic (exact) mass is 361 g/mol. The van der Waals surface area contributed by atoms with Gasteiger partial charge in [0.15, 0.2) is 0 Å². The zero-order chi connectivity index (χ0) is 18.4. The molecule has 26 heavy (non-hydrogen) atoms. The van der Waals surface area contributed by atoms with Gasteiger partial charge in [0.25, 0.3) is 5.91 Å². The minimum Gasteiger partial charge on any atom is -0.322 e. The molecule has 0 aliphatic heterocycles. The summed E-state index contributed by atoms with van der Waals surface area (Å²) in [6, 6.07) is 24.4. The van der Waals surface area contributed by atoms with E-state index in [-0.39, 0.29) is 5.91 Å². The molecule has 0 unspecified atom stereocenters. The third kappa shape index (κ3) is 5.24. The summed E-state index contributed by atoms with van der Waals surface area (Å²) in [6.07, 6.45) is 0. The van der Waals surface area contributed by atoms with Crippen molar-refractivity contribution in [3.05, 3.63) is 101 Å². The largest absolute Gasteiger partial charge is 0.322 e. The van der Waals surface area contributed by atoms with Crippen molar-refractivity contribution >= 4 is 23.4 Å². The maximum absolute atomic E-state index is 12.4. The first-order chi connectivity index (χ1) is 12.6. The van der Waals surface area contributed by atoms with Crippen LogP contribution in [0.25, 0.3) is 0 Å². The third-order valence-corrected chi connectivity index (χ3v) is 5.15. The molecule has 3 aromatic rings. The second-order valence-corrected chi connectivity index (χ2v) is 7.49. The van der Waals surface area contributed by atoms with Gasteiger partial charge in [-0.25, -0.2) is 0 Å². The molecule has 3 heteroatoms. The van der Waals surface area contributed by atoms with Crippen molar-refractivity contribution in [2.45, 2.75) is 25.4 Å². The second-order valence-electron chi connectivity index (χ2n) is 6.51. The molecule has 0 aliphatic rings. The van der Waals surface area contributed by atoms with Crippen LogP contribution in [0.1, 0.15) is 32.6 Å². The summed E-state index contributed by atoms with van der Waals surface area (Å²) in [7, 11) is 0. The van der Waals surface area contributed by atoms with Gasteiger partial charge in [0, 0.05) is 22.8 Å². The first-order valence-electron chi connectivity index (χ1n) is 8.70. The fourth-order valence-electron chi connectivity index (χ4n) is 2.86. The number of rotatable bonds is 6. The third-order valence-electron chi connectivity index (χ3n) is 4.08. The van der Waals surface area contributed by atoms with Crippen LogP contribution < -0.4 is 5.32 Å². The lowest BCUT2D eigenvalue weighted by atomic mass is 10.1. The van der Waals surface area contributed by atoms with Crippen LogP contribution in [0.4, 0.5) is 5.69 Å². The van der Waals surface area contributed by atoms with Crippen LogP contribution in [-0.4, -0.2) is 5.91 Å². The molecule has 0 saturated carbocycles. The smallest absolute Gasteiger partial charge is 0.255 e. The molecule has 1 N–H and O–H groups in total. The molecule has 0 atom stereocenters. The number of carbonyl (C=O) groups is 1. The van der Waals surface area contributed by atoms with Crippen LogP contribution in [0.5, 0.6) is 0 Å². The molecule has 3 aromatic carbocycles. The van der Waals surface area contributed by atoms with E-state index in [2.05, 4.69) is 35.6 Å². The zero-order valence-corrected chi connectivity index (χ0v) is 16.0. The average Bonchev–Trinajstić information content (AvgIpc) is 2.62. The molecule has 0 bridgehead atoms. The standard InChI is InChI=1S/C23H23NOS/c1-17-12-18(2)14-22(13-17)24-23(25)21-10-8-20(9-11-21)16-26-15-19-6-4-3-5-7-19/h3-14H,15-16H2,1-2H3,(H,24,25). The van der Waals surface area contributed by atoms with Crippen LogP contribution in [0.3, 0.4) is 0 Å². The van der Waals surface area contributed by atoms with Gasteiger partial charge in [-0.2, -0.15) is 11.8 Å². The van der Waals surface area contributed by atoms with Gasteiger partial charge in [-0.3, -0.25) is 4.79 Å². The molecule has 0 fully saturated rings. The summed E-state index contributed by atoms with van der Waals surface area (Å²) < 4.78 is 0.